The van der Waals surface area contributed by atoms with Gasteiger partial charge in [0.05, 0.1) is 4.90 Å². The van der Waals surface area contributed by atoms with E-state index in [4.69, 9.17) is 4.74 Å². The lowest BCUT2D eigenvalue weighted by molar-refractivity contribution is 0.102. The van der Waals surface area contributed by atoms with Gasteiger partial charge < -0.3 is 15.0 Å². The Bertz CT molecular complexity index is 1240. The summed E-state index contributed by atoms with van der Waals surface area (Å²) in [6.45, 7) is 1.21. The number of nitrogens with one attached hydrogen (secondary N) is 1. The highest BCUT2D eigenvalue weighted by molar-refractivity contribution is 7.90. The van der Waals surface area contributed by atoms with Crippen LogP contribution in [-0.4, -0.2) is 38.7 Å². The van der Waals surface area contributed by atoms with E-state index >= 15 is 0 Å². The molecule has 4 rings (SSSR count). The fraction of sp³-hybridized carbons (Fsp3) is 0.200. The zero-order chi connectivity index (χ0) is 23.3. The van der Waals surface area contributed by atoms with Gasteiger partial charge in [-0.25, -0.2) is 0 Å². The van der Waals surface area contributed by atoms with E-state index < -0.39 is 10.0 Å². The van der Waals surface area contributed by atoms with E-state index in [1.54, 1.807) is 24.3 Å². The number of carbonyl (C=O) groups is 1. The van der Waals surface area contributed by atoms with E-state index in [2.05, 4.69) is 9.71 Å². The molecule has 1 aliphatic rings. The van der Waals surface area contributed by atoms with Crippen molar-refractivity contribution in [3.63, 3.8) is 0 Å². The van der Waals surface area contributed by atoms with E-state index in [1.165, 1.54) is 12.1 Å². The number of carbonyl (C=O) groups excluding carboxylic acids is 1. The van der Waals surface area contributed by atoms with Crippen LogP contribution in [0.4, 0.5) is 5.69 Å². The third kappa shape index (κ3) is 5.78. The molecule has 8 heteroatoms. The summed E-state index contributed by atoms with van der Waals surface area (Å²) in [5.41, 5.74) is 1.94. The average molecular weight is 464 g/mol. The molecule has 1 fully saturated rings. The van der Waals surface area contributed by atoms with Gasteiger partial charge in [-0.3, -0.25) is 4.79 Å². The van der Waals surface area contributed by atoms with Crippen molar-refractivity contribution in [1.29, 1.82) is 0 Å². The van der Waals surface area contributed by atoms with E-state index in [1.807, 2.05) is 54.4 Å². The molecule has 170 valence electrons. The Labute approximate surface area is 193 Å². The van der Waals surface area contributed by atoms with Crippen LogP contribution in [0.5, 0.6) is 5.75 Å². The van der Waals surface area contributed by atoms with Gasteiger partial charge in [0.25, 0.3) is 15.9 Å². The minimum atomic E-state index is -3.78. The summed E-state index contributed by atoms with van der Waals surface area (Å²) in [4.78, 5) is 14.5. The summed E-state index contributed by atoms with van der Waals surface area (Å²) in [5, 5.41) is 2.79. The molecule has 0 saturated carbocycles. The van der Waals surface area contributed by atoms with Crippen molar-refractivity contribution in [3.8, 4) is 5.75 Å². The van der Waals surface area contributed by atoms with Gasteiger partial charge >= 0.3 is 0 Å². The zero-order valence-electron chi connectivity index (χ0n) is 18.3. The molecule has 0 unspecified atom stereocenters. The summed E-state index contributed by atoms with van der Waals surface area (Å²) in [6.07, 6.45) is 1.55. The fourth-order valence-corrected chi connectivity index (χ4v) is 4.54. The summed E-state index contributed by atoms with van der Waals surface area (Å²) in [6, 6.07) is 22.7. The molecule has 0 atom stereocenters. The minimum Gasteiger partial charge on any atom is -0.489 e. The molecule has 0 spiro atoms. The van der Waals surface area contributed by atoms with Crippen molar-refractivity contribution in [2.45, 2.75) is 24.3 Å². The van der Waals surface area contributed by atoms with E-state index in [0.29, 0.717) is 30.1 Å². The lowest BCUT2D eigenvalue weighted by atomic mass is 10.1. The monoisotopic (exact) mass is 463 g/mol. The number of hydrogen-bond acceptors (Lipinski definition) is 4. The molecular formula is C25H25N3O4S. The maximum Gasteiger partial charge on any atom is 0.283 e. The van der Waals surface area contributed by atoms with Crippen LogP contribution in [0.3, 0.4) is 0 Å². The second kappa shape index (κ2) is 9.87. The maximum absolute atomic E-state index is 12.6. The molecular weight excluding hydrogens is 438 g/mol. The highest BCUT2D eigenvalue weighted by atomic mass is 32.2. The van der Waals surface area contributed by atoms with Crippen LogP contribution in [-0.2, 0) is 16.6 Å². The fourth-order valence-electron chi connectivity index (χ4n) is 3.45. The SMILES string of the molecule is CN1CCC/C1=N\S(=O)(=O)c1ccc(NC(=O)c2ccc(COc3ccccc3)cc2)cc1. The summed E-state index contributed by atoms with van der Waals surface area (Å²) in [5.74, 6) is 1.07. The molecule has 3 aromatic rings. The lowest BCUT2D eigenvalue weighted by Gasteiger charge is -2.11. The van der Waals surface area contributed by atoms with E-state index in [9.17, 15) is 13.2 Å². The molecule has 0 radical (unpaired) electrons. The molecule has 1 heterocycles. The van der Waals surface area contributed by atoms with Crippen LogP contribution in [0.15, 0.2) is 88.2 Å². The van der Waals surface area contributed by atoms with Gasteiger partial charge in [0.15, 0.2) is 0 Å². The van der Waals surface area contributed by atoms with Crippen LogP contribution in [0.25, 0.3) is 0 Å². The molecule has 33 heavy (non-hydrogen) atoms. The largest absolute Gasteiger partial charge is 0.489 e. The van der Waals surface area contributed by atoms with Crippen LogP contribution < -0.4 is 10.1 Å². The van der Waals surface area contributed by atoms with Gasteiger partial charge in [0.2, 0.25) is 0 Å². The Morgan fingerprint density at radius 2 is 1.70 bits per heavy atom. The number of sulfonamides is 1. The topological polar surface area (TPSA) is 88.1 Å². The Hall–Kier alpha value is -3.65. The lowest BCUT2D eigenvalue weighted by Crippen LogP contribution is -2.20. The van der Waals surface area contributed by atoms with Gasteiger partial charge in [-0.2, -0.15) is 8.42 Å². The first-order chi connectivity index (χ1) is 15.9. The minimum absolute atomic E-state index is 0.0936. The Balaban J connectivity index is 1.36. The molecule has 1 aliphatic heterocycles. The Kier molecular flexibility index (Phi) is 6.74. The molecule has 1 saturated heterocycles. The van der Waals surface area contributed by atoms with Crippen molar-refractivity contribution >= 4 is 27.5 Å². The molecule has 0 aromatic heterocycles. The predicted octanol–water partition coefficient (Wildman–Crippen LogP) is 4.33. The van der Waals surface area contributed by atoms with Crippen LogP contribution in [0.2, 0.25) is 0 Å². The van der Waals surface area contributed by atoms with Crippen LogP contribution in [0, 0.1) is 0 Å². The quantitative estimate of drug-likeness (QED) is 0.563. The first-order valence-corrected chi connectivity index (χ1v) is 12.1. The standard InChI is InChI=1S/C25H25N3O4S/c1-28-17-5-8-24(28)27-33(30,31)23-15-13-21(14-16-23)26-25(29)20-11-9-19(10-12-20)18-32-22-6-3-2-4-7-22/h2-4,6-7,9-16H,5,8,17-18H2,1H3,(H,26,29)/b27-24+. The molecule has 3 aromatic carbocycles. The zero-order valence-corrected chi connectivity index (χ0v) is 19.1. The molecule has 7 nitrogen and oxygen atoms in total. The van der Waals surface area contributed by atoms with Gasteiger partial charge in [-0.1, -0.05) is 30.3 Å². The van der Waals surface area contributed by atoms with Crippen molar-refractivity contribution in [2.75, 3.05) is 18.9 Å². The highest BCUT2D eigenvalue weighted by Gasteiger charge is 2.20. The Morgan fingerprint density at radius 1 is 1.00 bits per heavy atom. The first kappa shape index (κ1) is 22.5. The maximum atomic E-state index is 12.6. The second-order valence-corrected chi connectivity index (χ2v) is 9.39. The first-order valence-electron chi connectivity index (χ1n) is 10.6. The van der Waals surface area contributed by atoms with Gasteiger partial charge in [-0.05, 0) is 60.5 Å². The van der Waals surface area contributed by atoms with Gasteiger partial charge in [-0.15, -0.1) is 4.40 Å². The molecule has 1 N–H and O–H groups in total. The van der Waals surface area contributed by atoms with Gasteiger partial charge in [0.1, 0.15) is 18.2 Å². The number of amidine groups is 1. The van der Waals surface area contributed by atoms with Crippen molar-refractivity contribution < 1.29 is 17.9 Å². The highest BCUT2D eigenvalue weighted by Crippen LogP contribution is 2.20. The van der Waals surface area contributed by atoms with E-state index in [-0.39, 0.29) is 10.8 Å². The third-order valence-corrected chi connectivity index (χ3v) is 6.65. The summed E-state index contributed by atoms with van der Waals surface area (Å²) >= 11 is 0. The number of anilines is 1. The van der Waals surface area contributed by atoms with Crippen molar-refractivity contribution in [2.24, 2.45) is 4.40 Å². The Morgan fingerprint density at radius 3 is 2.33 bits per heavy atom. The van der Waals surface area contributed by atoms with Crippen molar-refractivity contribution in [3.05, 3.63) is 90.0 Å². The number of ether oxygens (including phenoxy) is 1. The average Bonchev–Trinajstić information content (AvgIpc) is 3.22. The number of para-hydroxylation sites is 1. The van der Waals surface area contributed by atoms with Crippen LogP contribution in [0.1, 0.15) is 28.8 Å². The number of likely N-dealkylation sites (tertiary alicyclic amines) is 1. The van der Waals surface area contributed by atoms with Crippen LogP contribution >= 0.6 is 0 Å². The number of hydrogen-bond donors (Lipinski definition) is 1. The van der Waals surface area contributed by atoms with E-state index in [0.717, 1.165) is 24.3 Å². The molecule has 0 bridgehead atoms. The number of amides is 1. The summed E-state index contributed by atoms with van der Waals surface area (Å²) < 4.78 is 34.8. The van der Waals surface area contributed by atoms with Gasteiger partial charge in [0, 0.05) is 31.3 Å². The third-order valence-electron chi connectivity index (χ3n) is 5.33. The number of rotatable bonds is 7. The van der Waals surface area contributed by atoms with Crippen molar-refractivity contribution in [1.82, 2.24) is 4.90 Å². The predicted molar refractivity (Wildman–Crippen MR) is 128 cm³/mol. The second-order valence-electron chi connectivity index (χ2n) is 7.78. The smallest absolute Gasteiger partial charge is 0.283 e. The normalized spacial score (nSPS) is 14.9. The molecule has 1 amide bonds. The summed E-state index contributed by atoms with van der Waals surface area (Å²) in [7, 11) is -1.95. The molecule has 0 aliphatic carbocycles. The number of nitrogens with zero attached hydrogens (tertiary/aromatic N) is 2. The number of benzene rings is 3.